The van der Waals surface area contributed by atoms with Crippen molar-refractivity contribution in [1.82, 2.24) is 15.1 Å². The number of carboxylic acid groups (broad SMARTS) is 1. The molecule has 2 saturated heterocycles. The van der Waals surface area contributed by atoms with Crippen molar-refractivity contribution < 1.29 is 24.3 Å². The van der Waals surface area contributed by atoms with Crippen molar-refractivity contribution in [1.29, 1.82) is 0 Å². The van der Waals surface area contributed by atoms with E-state index in [9.17, 15) is 19.2 Å². The van der Waals surface area contributed by atoms with Crippen molar-refractivity contribution in [3.63, 3.8) is 0 Å². The third-order valence-corrected chi connectivity index (χ3v) is 3.42. The number of hydrogen-bond acceptors (Lipinski definition) is 4. The summed E-state index contributed by atoms with van der Waals surface area (Å²) < 4.78 is 0. The highest BCUT2D eigenvalue weighted by molar-refractivity contribution is 6.02. The topological polar surface area (TPSA) is 107 Å². The fourth-order valence-electron chi connectivity index (χ4n) is 2.42. The summed E-state index contributed by atoms with van der Waals surface area (Å²) in [5.41, 5.74) is 0. The molecule has 0 spiro atoms. The number of carboxylic acids is 1. The van der Waals surface area contributed by atoms with Crippen molar-refractivity contribution in [3.05, 3.63) is 0 Å². The fraction of sp³-hybridized carbons (Fsp3) is 0.636. The van der Waals surface area contributed by atoms with Crippen LogP contribution < -0.4 is 5.32 Å². The number of imide groups is 1. The number of aliphatic carboxylic acids is 1. The molecule has 104 valence electrons. The molecule has 0 aromatic carbocycles. The van der Waals surface area contributed by atoms with Crippen molar-refractivity contribution in [2.24, 2.45) is 11.8 Å². The lowest BCUT2D eigenvalue weighted by molar-refractivity contribution is -0.142. The van der Waals surface area contributed by atoms with Gasteiger partial charge in [-0.3, -0.25) is 19.7 Å². The minimum Gasteiger partial charge on any atom is -0.481 e. The molecule has 19 heavy (non-hydrogen) atoms. The maximum Gasteiger partial charge on any atom is 0.320 e. The average Bonchev–Trinajstić information content (AvgIpc) is 2.69. The minimum atomic E-state index is -0.935. The van der Waals surface area contributed by atoms with E-state index in [0.717, 1.165) is 4.90 Å². The van der Waals surface area contributed by atoms with Crippen LogP contribution in [0.4, 0.5) is 4.79 Å². The molecule has 2 aliphatic heterocycles. The van der Waals surface area contributed by atoms with E-state index in [2.05, 4.69) is 5.32 Å². The Morgan fingerprint density at radius 2 is 1.74 bits per heavy atom. The molecule has 0 aliphatic carbocycles. The van der Waals surface area contributed by atoms with Crippen molar-refractivity contribution in [3.8, 4) is 0 Å². The number of amides is 4. The highest BCUT2D eigenvalue weighted by Gasteiger charge is 2.39. The van der Waals surface area contributed by atoms with Crippen LogP contribution in [0.2, 0.25) is 0 Å². The van der Waals surface area contributed by atoms with Crippen LogP contribution in [0.25, 0.3) is 0 Å². The standard InChI is InChI=1S/C11H15N3O5/c1-6-2-13(3-7(6)10(17)18)11(19)14-4-8(15)12-9(16)5-14/h6-7H,2-5H2,1H3,(H,17,18)(H,12,15,16)/t6-,7-/m1/s1. The van der Waals surface area contributed by atoms with Crippen LogP contribution in [0.5, 0.6) is 0 Å². The van der Waals surface area contributed by atoms with E-state index in [-0.39, 0.29) is 25.6 Å². The molecular weight excluding hydrogens is 254 g/mol. The number of nitrogens with one attached hydrogen (secondary N) is 1. The molecule has 0 unspecified atom stereocenters. The van der Waals surface area contributed by atoms with Gasteiger partial charge in [-0.05, 0) is 5.92 Å². The van der Waals surface area contributed by atoms with Crippen molar-refractivity contribution in [2.75, 3.05) is 26.2 Å². The van der Waals surface area contributed by atoms with Crippen LogP contribution in [0, 0.1) is 11.8 Å². The van der Waals surface area contributed by atoms with Crippen LogP contribution in [0.15, 0.2) is 0 Å². The number of hydrogen-bond donors (Lipinski definition) is 2. The highest BCUT2D eigenvalue weighted by atomic mass is 16.4. The SMILES string of the molecule is C[C@@H]1CN(C(=O)N2CC(=O)NC(=O)C2)C[C@H]1C(=O)O. The average molecular weight is 269 g/mol. The van der Waals surface area contributed by atoms with E-state index in [1.165, 1.54) is 4.90 Å². The molecule has 0 aromatic heterocycles. The molecule has 8 heteroatoms. The second-order valence-electron chi connectivity index (χ2n) is 4.94. The number of nitrogens with zero attached hydrogens (tertiary/aromatic N) is 2. The molecule has 0 bridgehead atoms. The summed E-state index contributed by atoms with van der Waals surface area (Å²) in [6.45, 7) is 1.85. The summed E-state index contributed by atoms with van der Waals surface area (Å²) >= 11 is 0. The number of carbonyl (C=O) groups is 4. The largest absolute Gasteiger partial charge is 0.481 e. The Kier molecular flexibility index (Phi) is 3.41. The molecule has 2 N–H and O–H groups in total. The lowest BCUT2D eigenvalue weighted by Gasteiger charge is -2.29. The van der Waals surface area contributed by atoms with Crippen LogP contribution in [0.1, 0.15) is 6.92 Å². The predicted octanol–water partition coefficient (Wildman–Crippen LogP) is -1.28. The lowest BCUT2D eigenvalue weighted by Crippen LogP contribution is -2.56. The van der Waals surface area contributed by atoms with Crippen LogP contribution in [-0.4, -0.2) is 64.9 Å². The van der Waals surface area contributed by atoms with Gasteiger partial charge < -0.3 is 14.9 Å². The maximum atomic E-state index is 12.1. The van der Waals surface area contributed by atoms with E-state index in [1.807, 2.05) is 0 Å². The lowest BCUT2D eigenvalue weighted by atomic mass is 9.99. The quantitative estimate of drug-likeness (QED) is 0.576. The molecule has 0 aromatic rings. The van der Waals surface area contributed by atoms with E-state index in [4.69, 9.17) is 5.11 Å². The van der Waals surface area contributed by atoms with E-state index in [0.29, 0.717) is 6.54 Å². The van der Waals surface area contributed by atoms with Gasteiger partial charge in [-0.25, -0.2) is 4.79 Å². The van der Waals surface area contributed by atoms with Crippen LogP contribution in [0.3, 0.4) is 0 Å². The molecule has 2 atom stereocenters. The number of likely N-dealkylation sites (tertiary alicyclic amines) is 1. The normalized spacial score (nSPS) is 27.4. The van der Waals surface area contributed by atoms with E-state index in [1.54, 1.807) is 6.92 Å². The van der Waals surface area contributed by atoms with Gasteiger partial charge in [-0.15, -0.1) is 0 Å². The van der Waals surface area contributed by atoms with Gasteiger partial charge in [0.15, 0.2) is 0 Å². The van der Waals surface area contributed by atoms with Crippen LogP contribution >= 0.6 is 0 Å². The first kappa shape index (κ1) is 13.3. The Bertz CT molecular complexity index is 434. The van der Waals surface area contributed by atoms with Gasteiger partial charge in [-0.1, -0.05) is 6.92 Å². The third kappa shape index (κ3) is 2.67. The third-order valence-electron chi connectivity index (χ3n) is 3.42. The monoisotopic (exact) mass is 269 g/mol. The zero-order valence-corrected chi connectivity index (χ0v) is 10.5. The van der Waals surface area contributed by atoms with E-state index >= 15 is 0 Å². The fourth-order valence-corrected chi connectivity index (χ4v) is 2.42. The second kappa shape index (κ2) is 4.87. The zero-order valence-electron chi connectivity index (χ0n) is 10.5. The molecule has 2 fully saturated rings. The zero-order chi connectivity index (χ0) is 14.2. The minimum absolute atomic E-state index is 0.113. The van der Waals surface area contributed by atoms with Gasteiger partial charge >= 0.3 is 12.0 Å². The Balaban J connectivity index is 2.03. The van der Waals surface area contributed by atoms with Gasteiger partial charge in [0, 0.05) is 13.1 Å². The van der Waals surface area contributed by atoms with Crippen molar-refractivity contribution >= 4 is 23.8 Å². The molecule has 0 radical (unpaired) electrons. The molecule has 2 aliphatic rings. The molecule has 8 nitrogen and oxygen atoms in total. The second-order valence-corrected chi connectivity index (χ2v) is 4.94. The Morgan fingerprint density at radius 3 is 2.21 bits per heavy atom. The Labute approximate surface area is 109 Å². The molecule has 2 rings (SSSR count). The summed E-state index contributed by atoms with van der Waals surface area (Å²) in [6, 6.07) is -0.459. The Morgan fingerprint density at radius 1 is 1.16 bits per heavy atom. The first-order valence-corrected chi connectivity index (χ1v) is 5.98. The summed E-state index contributed by atoms with van der Waals surface area (Å²) in [5, 5.41) is 11.1. The number of piperazine rings is 1. The number of urea groups is 1. The molecule has 4 amide bonds. The van der Waals surface area contributed by atoms with Crippen molar-refractivity contribution in [2.45, 2.75) is 6.92 Å². The summed E-state index contributed by atoms with van der Waals surface area (Å²) in [4.78, 5) is 48.0. The number of rotatable bonds is 1. The molecule has 0 saturated carbocycles. The highest BCUT2D eigenvalue weighted by Crippen LogP contribution is 2.24. The first-order chi connectivity index (χ1) is 8.88. The van der Waals surface area contributed by atoms with Gasteiger partial charge in [-0.2, -0.15) is 0 Å². The van der Waals surface area contributed by atoms with E-state index < -0.39 is 29.7 Å². The van der Waals surface area contributed by atoms with Gasteiger partial charge in [0.2, 0.25) is 11.8 Å². The maximum absolute atomic E-state index is 12.1. The van der Waals surface area contributed by atoms with Crippen LogP contribution in [-0.2, 0) is 14.4 Å². The summed E-state index contributed by atoms with van der Waals surface area (Å²) in [7, 11) is 0. The smallest absolute Gasteiger partial charge is 0.320 e. The predicted molar refractivity (Wildman–Crippen MR) is 62.0 cm³/mol. The van der Waals surface area contributed by atoms with Gasteiger partial charge in [0.05, 0.1) is 5.92 Å². The summed E-state index contributed by atoms with van der Waals surface area (Å²) in [6.07, 6.45) is 0. The summed E-state index contributed by atoms with van der Waals surface area (Å²) in [5.74, 6) is -2.72. The number of carbonyl (C=O) groups excluding carboxylic acids is 3. The first-order valence-electron chi connectivity index (χ1n) is 5.98. The molecular formula is C11H15N3O5. The van der Waals surface area contributed by atoms with Gasteiger partial charge in [0.25, 0.3) is 0 Å². The Hall–Kier alpha value is -2.12. The molecule has 2 heterocycles. The van der Waals surface area contributed by atoms with Gasteiger partial charge in [0.1, 0.15) is 13.1 Å².